The molecule has 0 saturated carbocycles. The van der Waals surface area contributed by atoms with E-state index in [4.69, 9.17) is 17.3 Å². The maximum Gasteiger partial charge on any atom is 0.0994 e. The first kappa shape index (κ1) is 14.0. The smallest absolute Gasteiger partial charge is 0.0994 e. The molecule has 0 fully saturated rings. The largest absolute Gasteiger partial charge is 0.323 e. The minimum atomic E-state index is -0.0676. The van der Waals surface area contributed by atoms with Crippen molar-refractivity contribution in [2.75, 3.05) is 0 Å². The average molecular weight is 283 g/mol. The molecule has 0 radical (unpaired) electrons. The quantitative estimate of drug-likeness (QED) is 0.905. The summed E-state index contributed by atoms with van der Waals surface area (Å²) in [5.74, 6) is 0. The van der Waals surface area contributed by atoms with Crippen molar-refractivity contribution in [3.8, 4) is 0 Å². The van der Waals surface area contributed by atoms with Gasteiger partial charge in [-0.3, -0.25) is 4.68 Å². The monoisotopic (exact) mass is 282 g/mol. The molecule has 2 aromatic heterocycles. The predicted octanol–water partition coefficient (Wildman–Crippen LogP) is 1.69. The Balaban J connectivity index is 2.22. The van der Waals surface area contributed by atoms with Crippen LogP contribution in [0.1, 0.15) is 43.4 Å². The van der Waals surface area contributed by atoms with Crippen LogP contribution in [0.4, 0.5) is 0 Å². The Morgan fingerprint density at radius 1 is 1.42 bits per heavy atom. The van der Waals surface area contributed by atoms with E-state index in [0.29, 0.717) is 11.6 Å². The fourth-order valence-corrected chi connectivity index (χ4v) is 2.27. The van der Waals surface area contributed by atoms with Gasteiger partial charge in [-0.2, -0.15) is 5.10 Å². The lowest BCUT2D eigenvalue weighted by molar-refractivity contribution is 0.598. The number of rotatable bonds is 5. The van der Waals surface area contributed by atoms with Crippen LogP contribution in [0.3, 0.4) is 0 Å². The maximum absolute atomic E-state index is 6.31. The Kier molecular flexibility index (Phi) is 4.21. The molecular weight excluding hydrogens is 264 g/mol. The van der Waals surface area contributed by atoms with E-state index in [0.717, 1.165) is 29.9 Å². The molecule has 0 amide bonds. The van der Waals surface area contributed by atoms with E-state index in [1.165, 1.54) is 0 Å². The molecule has 0 spiro atoms. The number of halogens is 1. The molecule has 0 aromatic carbocycles. The first-order valence-corrected chi connectivity index (χ1v) is 6.80. The summed E-state index contributed by atoms with van der Waals surface area (Å²) in [6.07, 6.45) is 3.52. The van der Waals surface area contributed by atoms with Crippen LogP contribution < -0.4 is 5.73 Å². The SMILES string of the molecule is CCc1nn(C)c(Cn2cc(C(N)CC)nn2)c1Cl. The summed E-state index contributed by atoms with van der Waals surface area (Å²) in [6.45, 7) is 4.60. The predicted molar refractivity (Wildman–Crippen MR) is 73.9 cm³/mol. The fraction of sp³-hybridized carbons (Fsp3) is 0.583. The van der Waals surface area contributed by atoms with Gasteiger partial charge >= 0.3 is 0 Å². The van der Waals surface area contributed by atoms with Gasteiger partial charge in [-0.25, -0.2) is 4.68 Å². The van der Waals surface area contributed by atoms with Gasteiger partial charge in [0, 0.05) is 7.05 Å². The van der Waals surface area contributed by atoms with Crippen molar-refractivity contribution in [2.45, 2.75) is 39.3 Å². The third-order valence-corrected chi connectivity index (χ3v) is 3.63. The molecule has 0 saturated heterocycles. The van der Waals surface area contributed by atoms with Gasteiger partial charge < -0.3 is 5.73 Å². The zero-order chi connectivity index (χ0) is 14.0. The highest BCUT2D eigenvalue weighted by Crippen LogP contribution is 2.21. The van der Waals surface area contributed by atoms with Crippen molar-refractivity contribution in [1.29, 1.82) is 0 Å². The second-order valence-corrected chi connectivity index (χ2v) is 4.92. The number of aryl methyl sites for hydroxylation is 2. The van der Waals surface area contributed by atoms with E-state index in [1.54, 1.807) is 9.36 Å². The van der Waals surface area contributed by atoms with Gasteiger partial charge in [-0.15, -0.1) is 5.10 Å². The molecule has 19 heavy (non-hydrogen) atoms. The minimum absolute atomic E-state index is 0.0676. The van der Waals surface area contributed by atoms with Gasteiger partial charge in [0.05, 0.1) is 40.9 Å². The van der Waals surface area contributed by atoms with E-state index >= 15 is 0 Å². The normalized spacial score (nSPS) is 12.9. The van der Waals surface area contributed by atoms with Gasteiger partial charge in [0.2, 0.25) is 0 Å². The summed E-state index contributed by atoms with van der Waals surface area (Å²) < 4.78 is 3.54. The topological polar surface area (TPSA) is 74.5 Å². The number of hydrogen-bond acceptors (Lipinski definition) is 4. The Bertz CT molecular complexity index is 559. The first-order chi connectivity index (χ1) is 9.06. The number of nitrogens with zero attached hydrogens (tertiary/aromatic N) is 5. The van der Waals surface area contributed by atoms with Gasteiger partial charge in [-0.1, -0.05) is 30.7 Å². The van der Waals surface area contributed by atoms with Crippen molar-refractivity contribution >= 4 is 11.6 Å². The first-order valence-electron chi connectivity index (χ1n) is 6.42. The van der Waals surface area contributed by atoms with E-state index in [2.05, 4.69) is 15.4 Å². The van der Waals surface area contributed by atoms with Gasteiger partial charge in [0.15, 0.2) is 0 Å². The molecule has 0 aliphatic carbocycles. The standard InChI is InChI=1S/C12H19ClN6/c1-4-8(14)10-6-19(17-15-10)7-11-12(13)9(5-2)16-18(11)3/h6,8H,4-5,7,14H2,1-3H3. The molecule has 6 nitrogen and oxygen atoms in total. The van der Waals surface area contributed by atoms with Crippen LogP contribution in [0, 0.1) is 0 Å². The summed E-state index contributed by atoms with van der Waals surface area (Å²) in [7, 11) is 1.88. The Morgan fingerprint density at radius 3 is 2.74 bits per heavy atom. The molecule has 0 bridgehead atoms. The fourth-order valence-electron chi connectivity index (χ4n) is 1.91. The lowest BCUT2D eigenvalue weighted by Gasteiger charge is -2.03. The van der Waals surface area contributed by atoms with Crippen LogP contribution in [0.25, 0.3) is 0 Å². The third kappa shape index (κ3) is 2.79. The van der Waals surface area contributed by atoms with Crippen LogP contribution in [0.5, 0.6) is 0 Å². The van der Waals surface area contributed by atoms with Crippen LogP contribution in [0.15, 0.2) is 6.20 Å². The zero-order valence-corrected chi connectivity index (χ0v) is 12.2. The number of hydrogen-bond donors (Lipinski definition) is 1. The molecule has 104 valence electrons. The second-order valence-electron chi connectivity index (χ2n) is 4.54. The summed E-state index contributed by atoms with van der Waals surface area (Å²) in [6, 6.07) is -0.0676. The molecular formula is C12H19ClN6. The zero-order valence-electron chi connectivity index (χ0n) is 11.5. The van der Waals surface area contributed by atoms with Crippen molar-refractivity contribution in [1.82, 2.24) is 24.8 Å². The molecule has 0 aliphatic rings. The highest BCUT2D eigenvalue weighted by molar-refractivity contribution is 6.31. The summed E-state index contributed by atoms with van der Waals surface area (Å²) in [5.41, 5.74) is 8.57. The molecule has 2 heterocycles. The van der Waals surface area contributed by atoms with E-state index in [9.17, 15) is 0 Å². The molecule has 2 N–H and O–H groups in total. The Labute approximate surface area is 117 Å². The van der Waals surface area contributed by atoms with E-state index < -0.39 is 0 Å². The lowest BCUT2D eigenvalue weighted by atomic mass is 10.2. The molecule has 7 heteroatoms. The molecule has 1 atom stereocenters. The summed E-state index contributed by atoms with van der Waals surface area (Å²) in [4.78, 5) is 0. The molecule has 0 aliphatic heterocycles. The van der Waals surface area contributed by atoms with Crippen molar-refractivity contribution in [3.05, 3.63) is 28.3 Å². The summed E-state index contributed by atoms with van der Waals surface area (Å²) in [5, 5.41) is 13.3. The summed E-state index contributed by atoms with van der Waals surface area (Å²) >= 11 is 6.31. The maximum atomic E-state index is 6.31. The average Bonchev–Trinajstić information content (AvgIpc) is 2.98. The Morgan fingerprint density at radius 2 is 2.16 bits per heavy atom. The molecule has 1 unspecified atom stereocenters. The number of aromatic nitrogens is 5. The minimum Gasteiger partial charge on any atom is -0.323 e. The highest BCUT2D eigenvalue weighted by atomic mass is 35.5. The van der Waals surface area contributed by atoms with Crippen LogP contribution in [0.2, 0.25) is 5.02 Å². The van der Waals surface area contributed by atoms with Crippen LogP contribution >= 0.6 is 11.6 Å². The van der Waals surface area contributed by atoms with Gasteiger partial charge in [0.25, 0.3) is 0 Å². The number of nitrogens with two attached hydrogens (primary N) is 1. The molecule has 2 rings (SSSR count). The molecule has 2 aromatic rings. The van der Waals surface area contributed by atoms with Crippen molar-refractivity contribution in [3.63, 3.8) is 0 Å². The van der Waals surface area contributed by atoms with E-state index in [-0.39, 0.29) is 6.04 Å². The van der Waals surface area contributed by atoms with Crippen molar-refractivity contribution in [2.24, 2.45) is 12.8 Å². The second kappa shape index (κ2) is 5.71. The van der Waals surface area contributed by atoms with Gasteiger partial charge in [-0.05, 0) is 12.8 Å². The van der Waals surface area contributed by atoms with Crippen molar-refractivity contribution < 1.29 is 0 Å². The highest BCUT2D eigenvalue weighted by Gasteiger charge is 2.15. The van der Waals surface area contributed by atoms with Crippen LogP contribution in [-0.4, -0.2) is 24.8 Å². The van der Waals surface area contributed by atoms with Crippen LogP contribution in [-0.2, 0) is 20.0 Å². The van der Waals surface area contributed by atoms with E-state index in [1.807, 2.05) is 27.1 Å². The Hall–Kier alpha value is -1.40. The lowest BCUT2D eigenvalue weighted by Crippen LogP contribution is -2.09. The third-order valence-electron chi connectivity index (χ3n) is 3.19. The van der Waals surface area contributed by atoms with Gasteiger partial charge in [0.1, 0.15) is 0 Å².